The van der Waals surface area contributed by atoms with Gasteiger partial charge in [-0.25, -0.2) is 0 Å². The number of hydrogen-bond acceptors (Lipinski definition) is 2. The Balaban J connectivity index is 2.07. The van der Waals surface area contributed by atoms with Gasteiger partial charge in [0.2, 0.25) is 0 Å². The lowest BCUT2D eigenvalue weighted by molar-refractivity contribution is 0.795. The standard InChI is InChI=1S/C18H17N3/c1-20-12-16-8-4-7-14-9-10-21(18(14)16)13-17-6-3-2-5-15(17)11-19/h2-10,20H,12-13H2,1H3. The van der Waals surface area contributed by atoms with Crippen molar-refractivity contribution in [1.82, 2.24) is 9.88 Å². The van der Waals surface area contributed by atoms with Crippen molar-refractivity contribution in [3.8, 4) is 6.07 Å². The van der Waals surface area contributed by atoms with Crippen molar-refractivity contribution in [2.45, 2.75) is 13.1 Å². The Morgan fingerprint density at radius 1 is 1.05 bits per heavy atom. The predicted molar refractivity (Wildman–Crippen MR) is 85.0 cm³/mol. The zero-order chi connectivity index (χ0) is 14.7. The Kier molecular flexibility index (Phi) is 3.72. The van der Waals surface area contributed by atoms with Crippen LogP contribution in [-0.2, 0) is 13.1 Å². The molecule has 0 aliphatic rings. The van der Waals surface area contributed by atoms with Gasteiger partial charge in [0.05, 0.1) is 17.1 Å². The van der Waals surface area contributed by atoms with Gasteiger partial charge in [-0.2, -0.15) is 5.26 Å². The molecular weight excluding hydrogens is 258 g/mol. The molecule has 1 N–H and O–H groups in total. The van der Waals surface area contributed by atoms with Gasteiger partial charge >= 0.3 is 0 Å². The van der Waals surface area contributed by atoms with Crippen LogP contribution in [0.5, 0.6) is 0 Å². The van der Waals surface area contributed by atoms with Crippen LogP contribution in [0.4, 0.5) is 0 Å². The van der Waals surface area contributed by atoms with Crippen molar-refractivity contribution >= 4 is 10.9 Å². The fourth-order valence-electron chi connectivity index (χ4n) is 2.76. The van der Waals surface area contributed by atoms with Crippen molar-refractivity contribution < 1.29 is 0 Å². The number of aromatic nitrogens is 1. The first-order chi connectivity index (χ1) is 10.3. The second kappa shape index (κ2) is 5.82. The third-order valence-corrected chi connectivity index (χ3v) is 3.72. The second-order valence-corrected chi connectivity index (χ2v) is 5.10. The first-order valence-electron chi connectivity index (χ1n) is 7.03. The maximum absolute atomic E-state index is 9.23. The Morgan fingerprint density at radius 2 is 1.86 bits per heavy atom. The number of benzene rings is 2. The molecule has 3 heteroatoms. The third kappa shape index (κ3) is 2.54. The summed E-state index contributed by atoms with van der Waals surface area (Å²) in [5, 5.41) is 13.7. The Labute approximate surface area is 124 Å². The van der Waals surface area contributed by atoms with Crippen LogP contribution in [0.25, 0.3) is 10.9 Å². The molecule has 0 atom stereocenters. The van der Waals surface area contributed by atoms with Crippen LogP contribution in [0, 0.1) is 11.3 Å². The summed E-state index contributed by atoms with van der Waals surface area (Å²) in [6.45, 7) is 1.55. The zero-order valence-corrected chi connectivity index (χ0v) is 12.0. The lowest BCUT2D eigenvalue weighted by atomic mass is 10.1. The van der Waals surface area contributed by atoms with E-state index in [-0.39, 0.29) is 0 Å². The van der Waals surface area contributed by atoms with Crippen LogP contribution in [0.15, 0.2) is 54.7 Å². The van der Waals surface area contributed by atoms with E-state index < -0.39 is 0 Å². The van der Waals surface area contributed by atoms with Crippen LogP contribution < -0.4 is 5.32 Å². The molecule has 0 amide bonds. The van der Waals surface area contributed by atoms with Gasteiger partial charge in [-0.1, -0.05) is 36.4 Å². The number of nitrogens with zero attached hydrogens (tertiary/aromatic N) is 2. The lowest BCUT2D eigenvalue weighted by Crippen LogP contribution is -2.08. The average Bonchev–Trinajstić information content (AvgIpc) is 2.92. The highest BCUT2D eigenvalue weighted by atomic mass is 15.0. The van der Waals surface area contributed by atoms with Crippen LogP contribution in [0.1, 0.15) is 16.7 Å². The van der Waals surface area contributed by atoms with E-state index in [2.05, 4.69) is 46.4 Å². The Morgan fingerprint density at radius 3 is 2.67 bits per heavy atom. The molecule has 3 rings (SSSR count). The first kappa shape index (κ1) is 13.4. The van der Waals surface area contributed by atoms with Gasteiger partial charge in [0, 0.05) is 19.3 Å². The van der Waals surface area contributed by atoms with E-state index >= 15 is 0 Å². The molecule has 104 valence electrons. The van der Waals surface area contributed by atoms with E-state index in [0.717, 1.165) is 17.7 Å². The second-order valence-electron chi connectivity index (χ2n) is 5.10. The predicted octanol–water partition coefficient (Wildman–Crippen LogP) is 3.28. The molecular formula is C18H17N3. The molecule has 0 bridgehead atoms. The summed E-state index contributed by atoms with van der Waals surface area (Å²) in [6, 6.07) is 18.5. The number of hydrogen-bond donors (Lipinski definition) is 1. The molecule has 0 aliphatic heterocycles. The monoisotopic (exact) mass is 275 g/mol. The summed E-state index contributed by atoms with van der Waals surface area (Å²) in [4.78, 5) is 0. The van der Waals surface area contributed by atoms with Gasteiger partial charge in [0.15, 0.2) is 0 Å². The number of fused-ring (bicyclic) bond motifs is 1. The normalized spacial score (nSPS) is 10.7. The van der Waals surface area contributed by atoms with Crippen LogP contribution >= 0.6 is 0 Å². The van der Waals surface area contributed by atoms with Crippen molar-refractivity contribution in [3.63, 3.8) is 0 Å². The number of nitrogens with one attached hydrogen (secondary N) is 1. The summed E-state index contributed by atoms with van der Waals surface area (Å²) in [6.07, 6.45) is 2.10. The van der Waals surface area contributed by atoms with Crippen LogP contribution in [0.3, 0.4) is 0 Å². The van der Waals surface area contributed by atoms with Gasteiger partial charge < -0.3 is 9.88 Å². The molecule has 1 aromatic heterocycles. The van der Waals surface area contributed by atoms with E-state index in [1.807, 2.05) is 31.3 Å². The van der Waals surface area contributed by atoms with Gasteiger partial charge in [0.1, 0.15) is 0 Å². The highest BCUT2D eigenvalue weighted by Gasteiger charge is 2.08. The molecule has 1 heterocycles. The van der Waals surface area contributed by atoms with Gasteiger partial charge in [-0.15, -0.1) is 0 Å². The molecule has 0 saturated carbocycles. The van der Waals surface area contributed by atoms with E-state index in [1.165, 1.54) is 16.5 Å². The molecule has 0 aliphatic carbocycles. The van der Waals surface area contributed by atoms with E-state index in [4.69, 9.17) is 0 Å². The van der Waals surface area contributed by atoms with Gasteiger partial charge in [0.25, 0.3) is 0 Å². The van der Waals surface area contributed by atoms with Crippen molar-refractivity contribution in [3.05, 3.63) is 71.4 Å². The number of rotatable bonds is 4. The maximum atomic E-state index is 9.23. The first-order valence-corrected chi connectivity index (χ1v) is 7.03. The summed E-state index contributed by atoms with van der Waals surface area (Å²) in [7, 11) is 1.96. The summed E-state index contributed by atoms with van der Waals surface area (Å²) < 4.78 is 2.22. The fourth-order valence-corrected chi connectivity index (χ4v) is 2.76. The summed E-state index contributed by atoms with van der Waals surface area (Å²) in [5.41, 5.74) is 4.30. The van der Waals surface area contributed by atoms with E-state index in [0.29, 0.717) is 6.54 Å². The fraction of sp³-hybridized carbons (Fsp3) is 0.167. The Hall–Kier alpha value is -2.57. The largest absolute Gasteiger partial charge is 0.343 e. The summed E-state index contributed by atoms with van der Waals surface area (Å²) >= 11 is 0. The summed E-state index contributed by atoms with van der Waals surface area (Å²) in [5.74, 6) is 0. The van der Waals surface area contributed by atoms with Gasteiger partial charge in [-0.05, 0) is 35.7 Å². The van der Waals surface area contributed by atoms with Crippen molar-refractivity contribution in [1.29, 1.82) is 5.26 Å². The Bertz CT molecular complexity index is 809. The van der Waals surface area contributed by atoms with E-state index in [1.54, 1.807) is 0 Å². The minimum Gasteiger partial charge on any atom is -0.343 e. The molecule has 0 spiro atoms. The van der Waals surface area contributed by atoms with Crippen LogP contribution in [-0.4, -0.2) is 11.6 Å². The molecule has 2 aromatic carbocycles. The SMILES string of the molecule is CNCc1cccc2ccn(Cc3ccccc3C#N)c12. The molecule has 21 heavy (non-hydrogen) atoms. The highest BCUT2D eigenvalue weighted by Crippen LogP contribution is 2.22. The highest BCUT2D eigenvalue weighted by molar-refractivity contribution is 5.83. The quantitative estimate of drug-likeness (QED) is 0.794. The lowest BCUT2D eigenvalue weighted by Gasteiger charge is -2.11. The zero-order valence-electron chi connectivity index (χ0n) is 12.0. The molecule has 3 aromatic rings. The minimum atomic E-state index is 0.716. The molecule has 3 nitrogen and oxygen atoms in total. The smallest absolute Gasteiger partial charge is 0.0995 e. The van der Waals surface area contributed by atoms with Gasteiger partial charge in [-0.3, -0.25) is 0 Å². The minimum absolute atomic E-state index is 0.716. The third-order valence-electron chi connectivity index (χ3n) is 3.72. The molecule has 0 unspecified atom stereocenters. The molecule has 0 fully saturated rings. The van der Waals surface area contributed by atoms with E-state index in [9.17, 15) is 5.26 Å². The number of para-hydroxylation sites is 1. The van der Waals surface area contributed by atoms with Crippen molar-refractivity contribution in [2.75, 3.05) is 7.05 Å². The number of nitriles is 1. The maximum Gasteiger partial charge on any atom is 0.0995 e. The van der Waals surface area contributed by atoms with Crippen molar-refractivity contribution in [2.24, 2.45) is 0 Å². The molecule has 0 radical (unpaired) electrons. The topological polar surface area (TPSA) is 40.8 Å². The molecule has 0 saturated heterocycles. The average molecular weight is 275 g/mol. The van der Waals surface area contributed by atoms with Crippen LogP contribution in [0.2, 0.25) is 0 Å².